The number of halogens is 1. The summed E-state index contributed by atoms with van der Waals surface area (Å²) in [5, 5.41) is 3.62. The van der Waals surface area contributed by atoms with E-state index in [0.717, 1.165) is 6.21 Å². The third kappa shape index (κ3) is 4.21. The van der Waals surface area contributed by atoms with Gasteiger partial charge in [0.05, 0.1) is 12.3 Å². The standard InChI is InChI=1S/C10H11FN2O2/c1-2-15-10(14)7-12-13-9-5-3-8(11)4-6-9/h3-7,13H,2H2,1H3. The maximum absolute atomic E-state index is 12.5. The van der Waals surface area contributed by atoms with E-state index >= 15 is 0 Å². The van der Waals surface area contributed by atoms with Crippen molar-refractivity contribution in [3.8, 4) is 0 Å². The normalized spacial score (nSPS) is 10.3. The maximum atomic E-state index is 12.5. The number of rotatable bonds is 4. The van der Waals surface area contributed by atoms with Crippen molar-refractivity contribution in [2.45, 2.75) is 6.92 Å². The van der Waals surface area contributed by atoms with Crippen molar-refractivity contribution < 1.29 is 13.9 Å². The molecule has 0 aliphatic heterocycles. The summed E-state index contributed by atoms with van der Waals surface area (Å²) >= 11 is 0. The van der Waals surface area contributed by atoms with Gasteiger partial charge in [-0.2, -0.15) is 5.10 Å². The van der Waals surface area contributed by atoms with Gasteiger partial charge >= 0.3 is 5.97 Å². The van der Waals surface area contributed by atoms with E-state index in [2.05, 4.69) is 15.3 Å². The zero-order valence-electron chi connectivity index (χ0n) is 8.24. The Kier molecular flexibility index (Phi) is 4.28. The van der Waals surface area contributed by atoms with Crippen molar-refractivity contribution in [3.63, 3.8) is 0 Å². The van der Waals surface area contributed by atoms with Gasteiger partial charge in [0.15, 0.2) is 0 Å². The Morgan fingerprint density at radius 2 is 2.20 bits per heavy atom. The lowest BCUT2D eigenvalue weighted by Gasteiger charge is -1.98. The Labute approximate surface area is 86.7 Å². The molecule has 0 radical (unpaired) electrons. The van der Waals surface area contributed by atoms with Crippen LogP contribution in [0.4, 0.5) is 10.1 Å². The number of ether oxygens (including phenoxy) is 1. The molecule has 4 nitrogen and oxygen atoms in total. The van der Waals surface area contributed by atoms with Gasteiger partial charge in [-0.25, -0.2) is 9.18 Å². The summed E-state index contributed by atoms with van der Waals surface area (Å²) in [6.45, 7) is 2.01. The molecular formula is C10H11FN2O2. The van der Waals surface area contributed by atoms with E-state index in [1.807, 2.05) is 0 Å². The number of carbonyl (C=O) groups is 1. The summed E-state index contributed by atoms with van der Waals surface area (Å²) < 4.78 is 17.1. The molecule has 5 heteroatoms. The van der Waals surface area contributed by atoms with Crippen LogP contribution in [0, 0.1) is 5.82 Å². The molecule has 0 fully saturated rings. The van der Waals surface area contributed by atoms with Gasteiger partial charge in [0, 0.05) is 0 Å². The first kappa shape index (κ1) is 11.2. The van der Waals surface area contributed by atoms with E-state index in [0.29, 0.717) is 12.3 Å². The third-order valence-corrected chi connectivity index (χ3v) is 1.49. The molecule has 0 aromatic heterocycles. The maximum Gasteiger partial charge on any atom is 0.351 e. The van der Waals surface area contributed by atoms with Crippen LogP contribution in [0.25, 0.3) is 0 Å². The van der Waals surface area contributed by atoms with Crippen molar-refractivity contribution in [1.29, 1.82) is 0 Å². The van der Waals surface area contributed by atoms with Gasteiger partial charge in [0.1, 0.15) is 12.0 Å². The quantitative estimate of drug-likeness (QED) is 0.468. The lowest BCUT2D eigenvalue weighted by atomic mass is 10.3. The first-order chi connectivity index (χ1) is 7.22. The first-order valence-corrected chi connectivity index (χ1v) is 4.43. The number of nitrogens with zero attached hydrogens (tertiary/aromatic N) is 1. The molecule has 0 unspecified atom stereocenters. The van der Waals surface area contributed by atoms with E-state index in [1.54, 1.807) is 6.92 Å². The van der Waals surface area contributed by atoms with Gasteiger partial charge in [0.2, 0.25) is 0 Å². The highest BCUT2D eigenvalue weighted by Gasteiger charge is 1.94. The van der Waals surface area contributed by atoms with E-state index < -0.39 is 5.97 Å². The van der Waals surface area contributed by atoms with Crippen LogP contribution in [0.5, 0.6) is 0 Å². The lowest BCUT2D eigenvalue weighted by molar-refractivity contribution is -0.134. The smallest absolute Gasteiger partial charge is 0.351 e. The molecule has 0 saturated carbocycles. The largest absolute Gasteiger partial charge is 0.462 e. The van der Waals surface area contributed by atoms with Gasteiger partial charge in [0.25, 0.3) is 0 Å². The molecule has 0 aliphatic carbocycles. The van der Waals surface area contributed by atoms with Gasteiger partial charge < -0.3 is 4.74 Å². The van der Waals surface area contributed by atoms with Gasteiger partial charge in [-0.15, -0.1) is 0 Å². The van der Waals surface area contributed by atoms with E-state index in [1.165, 1.54) is 24.3 Å². The second-order valence-electron chi connectivity index (χ2n) is 2.63. The van der Waals surface area contributed by atoms with Gasteiger partial charge in [-0.3, -0.25) is 5.43 Å². The Bertz CT molecular complexity index is 349. The van der Waals surface area contributed by atoms with Crippen LogP contribution in [-0.2, 0) is 9.53 Å². The SMILES string of the molecule is CCOC(=O)C=NNc1ccc(F)cc1. The fourth-order valence-electron chi connectivity index (χ4n) is 0.863. The van der Waals surface area contributed by atoms with E-state index in [4.69, 9.17) is 0 Å². The Morgan fingerprint density at radius 3 is 2.80 bits per heavy atom. The first-order valence-electron chi connectivity index (χ1n) is 4.43. The van der Waals surface area contributed by atoms with Crippen LogP contribution < -0.4 is 5.43 Å². The third-order valence-electron chi connectivity index (χ3n) is 1.49. The van der Waals surface area contributed by atoms with Gasteiger partial charge in [-0.1, -0.05) is 0 Å². The van der Waals surface area contributed by atoms with Crippen molar-refractivity contribution in [3.05, 3.63) is 30.1 Å². The summed E-state index contributed by atoms with van der Waals surface area (Å²) in [6, 6.07) is 5.61. The van der Waals surface area contributed by atoms with Crippen molar-refractivity contribution in [2.24, 2.45) is 5.10 Å². The Balaban J connectivity index is 2.43. The Hall–Kier alpha value is -1.91. The molecule has 1 aromatic rings. The highest BCUT2D eigenvalue weighted by molar-refractivity contribution is 6.23. The molecule has 0 saturated heterocycles. The van der Waals surface area contributed by atoms with Crippen LogP contribution in [0.15, 0.2) is 29.4 Å². The minimum Gasteiger partial charge on any atom is -0.462 e. The molecule has 0 spiro atoms. The van der Waals surface area contributed by atoms with Crippen LogP contribution in [0.1, 0.15) is 6.92 Å². The molecule has 0 aliphatic rings. The second kappa shape index (κ2) is 5.74. The molecule has 1 aromatic carbocycles. The summed E-state index contributed by atoms with van der Waals surface area (Å²) in [5.41, 5.74) is 3.16. The number of hydrogen-bond acceptors (Lipinski definition) is 4. The van der Waals surface area contributed by atoms with Crippen molar-refractivity contribution in [2.75, 3.05) is 12.0 Å². The molecule has 1 N–H and O–H groups in total. The average molecular weight is 210 g/mol. The fraction of sp³-hybridized carbons (Fsp3) is 0.200. The summed E-state index contributed by atoms with van der Waals surface area (Å²) in [5.74, 6) is -0.845. The van der Waals surface area contributed by atoms with Crippen molar-refractivity contribution >= 4 is 17.9 Å². The minimum atomic E-state index is -0.521. The average Bonchev–Trinajstić information content (AvgIpc) is 2.21. The Morgan fingerprint density at radius 1 is 1.53 bits per heavy atom. The number of anilines is 1. The van der Waals surface area contributed by atoms with Crippen LogP contribution in [-0.4, -0.2) is 18.8 Å². The van der Waals surface area contributed by atoms with Gasteiger partial charge in [-0.05, 0) is 31.2 Å². The zero-order valence-corrected chi connectivity index (χ0v) is 8.24. The number of nitrogens with one attached hydrogen (secondary N) is 1. The van der Waals surface area contributed by atoms with E-state index in [-0.39, 0.29) is 5.82 Å². The molecular weight excluding hydrogens is 199 g/mol. The number of hydrazone groups is 1. The molecule has 0 amide bonds. The van der Waals surface area contributed by atoms with Crippen LogP contribution in [0.3, 0.4) is 0 Å². The molecule has 15 heavy (non-hydrogen) atoms. The highest BCUT2D eigenvalue weighted by atomic mass is 19.1. The number of benzene rings is 1. The summed E-state index contributed by atoms with van der Waals surface area (Å²) in [7, 11) is 0. The predicted molar refractivity (Wildman–Crippen MR) is 55.1 cm³/mol. The van der Waals surface area contributed by atoms with Crippen LogP contribution in [0.2, 0.25) is 0 Å². The molecule has 0 atom stereocenters. The van der Waals surface area contributed by atoms with E-state index in [9.17, 15) is 9.18 Å². The fourth-order valence-corrected chi connectivity index (χ4v) is 0.863. The molecule has 0 bridgehead atoms. The molecule has 0 heterocycles. The molecule has 1 rings (SSSR count). The lowest BCUT2D eigenvalue weighted by Crippen LogP contribution is -2.06. The zero-order chi connectivity index (χ0) is 11.1. The highest BCUT2D eigenvalue weighted by Crippen LogP contribution is 2.07. The second-order valence-corrected chi connectivity index (χ2v) is 2.63. The van der Waals surface area contributed by atoms with Crippen LogP contribution >= 0.6 is 0 Å². The van der Waals surface area contributed by atoms with Crippen molar-refractivity contribution in [1.82, 2.24) is 0 Å². The number of esters is 1. The minimum absolute atomic E-state index is 0.307. The summed E-state index contributed by atoms with van der Waals surface area (Å²) in [4.78, 5) is 10.8. The monoisotopic (exact) mass is 210 g/mol. The number of hydrogen-bond donors (Lipinski definition) is 1. The predicted octanol–water partition coefficient (Wildman–Crippen LogP) is 1.79. The topological polar surface area (TPSA) is 50.7 Å². The summed E-state index contributed by atoms with van der Waals surface area (Å²) in [6.07, 6.45) is 1.02. The molecule has 80 valence electrons. The number of carbonyl (C=O) groups excluding carboxylic acids is 1.